The number of nitrogens with zero attached hydrogens (tertiary/aromatic N) is 2. The van der Waals surface area contributed by atoms with Crippen LogP contribution in [0.4, 0.5) is 4.39 Å². The van der Waals surface area contributed by atoms with Crippen molar-refractivity contribution in [3.05, 3.63) is 34.1 Å². The largest absolute Gasteiger partial charge is 0.369 e. The molecule has 1 aliphatic heterocycles. The van der Waals surface area contributed by atoms with Gasteiger partial charge in [-0.05, 0) is 100 Å². The zero-order valence-electron chi connectivity index (χ0n) is 19.3. The van der Waals surface area contributed by atoms with Gasteiger partial charge in [-0.1, -0.05) is 22.0 Å². The van der Waals surface area contributed by atoms with Crippen molar-refractivity contribution in [2.75, 3.05) is 26.2 Å². The van der Waals surface area contributed by atoms with Crippen LogP contribution in [0.5, 0.6) is 0 Å². The van der Waals surface area contributed by atoms with E-state index in [2.05, 4.69) is 20.8 Å². The van der Waals surface area contributed by atoms with Crippen LogP contribution in [0.15, 0.2) is 22.7 Å². The molecule has 1 spiro atoms. The number of carbonyl (C=O) groups is 2. The lowest BCUT2D eigenvalue weighted by Gasteiger charge is -2.33. The molecule has 180 valence electrons. The first-order chi connectivity index (χ1) is 15.9. The topological polar surface area (TPSA) is 66.6 Å². The molecule has 4 aliphatic rings. The third-order valence-electron chi connectivity index (χ3n) is 9.00. The summed E-state index contributed by atoms with van der Waals surface area (Å²) in [5, 5.41) is 0. The maximum Gasteiger partial charge on any atom is 0.227 e. The Hall–Kier alpha value is -1.47. The summed E-state index contributed by atoms with van der Waals surface area (Å²) in [5.41, 5.74) is 6.56. The maximum absolute atomic E-state index is 14.7. The smallest absolute Gasteiger partial charge is 0.227 e. The number of rotatable bonds is 9. The van der Waals surface area contributed by atoms with Crippen molar-refractivity contribution >= 4 is 27.7 Å². The molecular weight excluding hydrogens is 485 g/mol. The number of hydrogen-bond donors (Lipinski definition) is 1. The molecule has 3 saturated carbocycles. The predicted octanol–water partition coefficient (Wildman–Crippen LogP) is 4.33. The van der Waals surface area contributed by atoms with E-state index in [0.717, 1.165) is 45.1 Å². The summed E-state index contributed by atoms with van der Waals surface area (Å²) < 4.78 is 15.4. The molecule has 3 aliphatic carbocycles. The van der Waals surface area contributed by atoms with E-state index in [9.17, 15) is 14.0 Å². The molecule has 0 aromatic heterocycles. The van der Waals surface area contributed by atoms with Crippen LogP contribution in [-0.2, 0) is 16.1 Å². The molecule has 2 N–H and O–H groups in total. The van der Waals surface area contributed by atoms with Gasteiger partial charge in [-0.2, -0.15) is 0 Å². The fourth-order valence-corrected chi connectivity index (χ4v) is 7.68. The highest BCUT2D eigenvalue weighted by atomic mass is 79.9. The molecule has 1 aromatic carbocycles. The monoisotopic (exact) mass is 519 g/mol. The van der Waals surface area contributed by atoms with Crippen molar-refractivity contribution in [1.82, 2.24) is 9.80 Å². The van der Waals surface area contributed by atoms with Crippen molar-refractivity contribution in [1.29, 1.82) is 0 Å². The van der Waals surface area contributed by atoms with Crippen LogP contribution in [-0.4, -0.2) is 47.8 Å². The summed E-state index contributed by atoms with van der Waals surface area (Å²) in [6, 6.07) is 5.02. The van der Waals surface area contributed by atoms with Gasteiger partial charge < -0.3 is 15.5 Å². The number of primary amides is 1. The molecule has 2 bridgehead atoms. The maximum atomic E-state index is 14.7. The second-order valence-electron chi connectivity index (χ2n) is 10.7. The van der Waals surface area contributed by atoms with Gasteiger partial charge in [-0.3, -0.25) is 9.59 Å². The van der Waals surface area contributed by atoms with Gasteiger partial charge in [0.15, 0.2) is 0 Å². The molecule has 1 heterocycles. The molecule has 1 aromatic rings. The number of unbranched alkanes of at least 4 members (excludes halogenated alkanes) is 1. The molecule has 4 atom stereocenters. The van der Waals surface area contributed by atoms with Gasteiger partial charge in [0.05, 0.1) is 11.8 Å². The zero-order chi connectivity index (χ0) is 23.2. The van der Waals surface area contributed by atoms with Gasteiger partial charge in [0.25, 0.3) is 0 Å². The SMILES string of the molecule is NC(=O)[C@H]1[C@H](C(=O)N(CCCCN2CCCC2)Cc2ccc(Br)cc2F)[C@@H]2CC[C@H]1C21CC1. The van der Waals surface area contributed by atoms with Crippen LogP contribution in [0.3, 0.4) is 0 Å². The Balaban J connectivity index is 1.33. The highest BCUT2D eigenvalue weighted by Gasteiger charge is 2.71. The van der Waals surface area contributed by atoms with E-state index in [1.165, 1.54) is 32.0 Å². The summed E-state index contributed by atoms with van der Waals surface area (Å²) in [6.07, 6.45) is 8.71. The minimum atomic E-state index is -0.361. The van der Waals surface area contributed by atoms with Crippen molar-refractivity contribution in [2.24, 2.45) is 34.8 Å². The fourth-order valence-electron chi connectivity index (χ4n) is 7.35. The summed E-state index contributed by atoms with van der Waals surface area (Å²) in [6.45, 7) is 4.22. The standard InChI is InChI=1S/C26H35BrFN3O2/c27-18-6-5-17(21(28)15-18)16-31(14-4-3-13-30-11-1-2-12-30)25(33)23-20-8-7-19(22(23)24(29)32)26(20)9-10-26/h5-6,15,19-20,22-23H,1-4,7-14,16H2,(H2,29,32)/t19-,20+,22-,23-/m1/s1. The highest BCUT2D eigenvalue weighted by molar-refractivity contribution is 9.10. The number of carbonyl (C=O) groups excluding carboxylic acids is 2. The second-order valence-corrected chi connectivity index (χ2v) is 11.6. The molecule has 33 heavy (non-hydrogen) atoms. The minimum absolute atomic E-state index is 0.0146. The van der Waals surface area contributed by atoms with Crippen molar-refractivity contribution in [3.8, 4) is 0 Å². The van der Waals surface area contributed by atoms with E-state index in [1.807, 2.05) is 11.0 Å². The molecule has 0 radical (unpaired) electrons. The van der Waals surface area contributed by atoms with E-state index < -0.39 is 0 Å². The van der Waals surface area contributed by atoms with E-state index in [1.54, 1.807) is 6.07 Å². The first-order valence-electron chi connectivity index (χ1n) is 12.6. The third-order valence-corrected chi connectivity index (χ3v) is 9.49. The first-order valence-corrected chi connectivity index (χ1v) is 13.4. The predicted molar refractivity (Wildman–Crippen MR) is 128 cm³/mol. The van der Waals surface area contributed by atoms with Crippen molar-refractivity contribution in [3.63, 3.8) is 0 Å². The van der Waals surface area contributed by atoms with Gasteiger partial charge >= 0.3 is 0 Å². The van der Waals surface area contributed by atoms with Crippen LogP contribution in [0, 0.1) is 34.9 Å². The molecule has 5 nitrogen and oxygen atoms in total. The quantitative estimate of drug-likeness (QED) is 0.493. The Morgan fingerprint density at radius 3 is 2.45 bits per heavy atom. The normalized spacial score (nSPS) is 29.6. The Kier molecular flexibility index (Phi) is 6.55. The van der Waals surface area contributed by atoms with Gasteiger partial charge in [0.1, 0.15) is 5.82 Å². The van der Waals surface area contributed by atoms with Crippen LogP contribution in [0.1, 0.15) is 56.9 Å². The molecule has 7 heteroatoms. The highest BCUT2D eigenvalue weighted by Crippen LogP contribution is 2.74. The number of likely N-dealkylation sites (tertiary alicyclic amines) is 1. The Morgan fingerprint density at radius 2 is 1.82 bits per heavy atom. The van der Waals surface area contributed by atoms with Gasteiger partial charge in [0.2, 0.25) is 11.8 Å². The number of nitrogens with two attached hydrogens (primary N) is 1. The van der Waals surface area contributed by atoms with Gasteiger partial charge in [-0.25, -0.2) is 4.39 Å². The van der Waals surface area contributed by atoms with Gasteiger partial charge in [0, 0.05) is 23.1 Å². The molecule has 0 unspecified atom stereocenters. The fraction of sp³-hybridized carbons (Fsp3) is 0.692. The number of amides is 2. The molecule has 4 fully saturated rings. The van der Waals surface area contributed by atoms with Crippen LogP contribution in [0.25, 0.3) is 0 Å². The third kappa shape index (κ3) is 4.36. The Labute approximate surface area is 204 Å². The number of benzene rings is 1. The lowest BCUT2D eigenvalue weighted by Crippen LogP contribution is -2.45. The van der Waals surface area contributed by atoms with Crippen LogP contribution >= 0.6 is 15.9 Å². The van der Waals surface area contributed by atoms with Crippen molar-refractivity contribution in [2.45, 2.75) is 57.9 Å². The van der Waals surface area contributed by atoms with E-state index in [0.29, 0.717) is 16.6 Å². The van der Waals surface area contributed by atoms with Gasteiger partial charge in [-0.15, -0.1) is 0 Å². The van der Waals surface area contributed by atoms with Crippen LogP contribution < -0.4 is 5.73 Å². The molecule has 5 rings (SSSR count). The average Bonchev–Trinajstić information content (AvgIpc) is 3.14. The zero-order valence-corrected chi connectivity index (χ0v) is 20.9. The summed E-state index contributed by atoms with van der Waals surface area (Å²) >= 11 is 3.32. The number of halogens is 2. The second kappa shape index (κ2) is 9.29. The van der Waals surface area contributed by atoms with Crippen molar-refractivity contribution < 1.29 is 14.0 Å². The Morgan fingerprint density at radius 1 is 1.12 bits per heavy atom. The van der Waals surface area contributed by atoms with E-state index in [4.69, 9.17) is 5.73 Å². The molecular formula is C26H35BrFN3O2. The molecule has 2 amide bonds. The summed E-state index contributed by atoms with van der Waals surface area (Å²) in [4.78, 5) is 30.8. The lowest BCUT2D eigenvalue weighted by atomic mass is 9.78. The summed E-state index contributed by atoms with van der Waals surface area (Å²) in [7, 11) is 0. The minimum Gasteiger partial charge on any atom is -0.369 e. The Bertz CT molecular complexity index is 915. The lowest BCUT2D eigenvalue weighted by molar-refractivity contribution is -0.144. The first kappa shape index (κ1) is 23.3. The van der Waals surface area contributed by atoms with E-state index >= 15 is 0 Å². The van der Waals surface area contributed by atoms with Crippen LogP contribution in [0.2, 0.25) is 0 Å². The molecule has 1 saturated heterocycles. The van der Waals surface area contributed by atoms with E-state index in [-0.39, 0.29) is 53.3 Å². The summed E-state index contributed by atoms with van der Waals surface area (Å²) in [5.74, 6) is -0.792. The number of hydrogen-bond acceptors (Lipinski definition) is 3. The average molecular weight is 520 g/mol.